The lowest BCUT2D eigenvalue weighted by Crippen LogP contribution is -2.02. The van der Waals surface area contributed by atoms with Gasteiger partial charge in [-0.15, -0.1) is 11.3 Å². The second kappa shape index (κ2) is 6.58. The molecule has 0 amide bonds. The molecule has 5 nitrogen and oxygen atoms in total. The third-order valence-electron chi connectivity index (χ3n) is 3.22. The number of aromatic hydroxyl groups is 1. The van der Waals surface area contributed by atoms with Crippen LogP contribution in [0.5, 0.6) is 5.88 Å². The van der Waals surface area contributed by atoms with E-state index >= 15 is 0 Å². The summed E-state index contributed by atoms with van der Waals surface area (Å²) in [5, 5.41) is 10.4. The van der Waals surface area contributed by atoms with Crippen LogP contribution in [0.25, 0.3) is 21.7 Å². The van der Waals surface area contributed by atoms with Crippen molar-refractivity contribution >= 4 is 17.3 Å². The molecule has 0 bridgehead atoms. The molecule has 2 aromatic heterocycles. The minimum absolute atomic E-state index is 0.125. The van der Waals surface area contributed by atoms with E-state index < -0.39 is 5.97 Å². The molecule has 6 heteroatoms. The van der Waals surface area contributed by atoms with Gasteiger partial charge >= 0.3 is 5.97 Å². The Morgan fingerprint density at radius 2 is 1.70 bits per heavy atom. The summed E-state index contributed by atoms with van der Waals surface area (Å²) in [6.45, 7) is 1.97. The first kappa shape index (κ1) is 15.2. The second-order valence-corrected chi connectivity index (χ2v) is 5.70. The number of aromatic nitrogens is 2. The average Bonchev–Trinajstić information content (AvgIpc) is 2.98. The van der Waals surface area contributed by atoms with E-state index in [-0.39, 0.29) is 17.4 Å². The van der Waals surface area contributed by atoms with Crippen LogP contribution < -0.4 is 0 Å². The van der Waals surface area contributed by atoms with Gasteiger partial charge in [0.2, 0.25) is 5.88 Å². The third kappa shape index (κ3) is 3.22. The highest BCUT2D eigenvalue weighted by Gasteiger charge is 2.19. The minimum atomic E-state index is -0.554. The smallest absolute Gasteiger partial charge is 0.353 e. The van der Waals surface area contributed by atoms with Gasteiger partial charge in [-0.05, 0) is 30.2 Å². The maximum Gasteiger partial charge on any atom is 0.353 e. The number of benzene rings is 1. The predicted octanol–water partition coefficient (Wildman–Crippen LogP) is 3.75. The zero-order valence-electron chi connectivity index (χ0n) is 12.4. The number of hydrogen-bond donors (Lipinski definition) is 1. The van der Waals surface area contributed by atoms with Gasteiger partial charge in [0.25, 0.3) is 0 Å². The van der Waals surface area contributed by atoms with Gasteiger partial charge in [0.15, 0.2) is 4.88 Å². The number of ether oxygens (including phenoxy) is 1. The van der Waals surface area contributed by atoms with Crippen LogP contribution in [0.1, 0.15) is 16.6 Å². The van der Waals surface area contributed by atoms with E-state index in [0.717, 1.165) is 28.0 Å². The minimum Gasteiger partial charge on any atom is -0.492 e. The first-order valence-electron chi connectivity index (χ1n) is 7.06. The first-order chi connectivity index (χ1) is 11.2. The molecular weight excluding hydrogens is 312 g/mol. The summed E-state index contributed by atoms with van der Waals surface area (Å²) in [6.07, 6.45) is 3.49. The van der Waals surface area contributed by atoms with Crippen molar-refractivity contribution < 1.29 is 14.6 Å². The fourth-order valence-electron chi connectivity index (χ4n) is 2.11. The Bertz CT molecular complexity index is 814. The van der Waals surface area contributed by atoms with Crippen molar-refractivity contribution in [2.24, 2.45) is 0 Å². The predicted molar refractivity (Wildman–Crippen MR) is 88.4 cm³/mol. The SMILES string of the molecule is CCOC(=O)c1sc(-c2ccc(-c3ccncc3)cc2)nc1O. The standard InChI is InChI=1S/C17H14N2O3S/c1-2-22-17(21)14-15(20)19-16(23-14)13-5-3-11(4-6-13)12-7-9-18-10-8-12/h3-10,20H,2H2,1H3. The van der Waals surface area contributed by atoms with E-state index in [2.05, 4.69) is 9.97 Å². The Labute approximate surface area is 137 Å². The van der Waals surface area contributed by atoms with Gasteiger partial charge in [-0.1, -0.05) is 24.3 Å². The van der Waals surface area contributed by atoms with Crippen molar-refractivity contribution in [1.82, 2.24) is 9.97 Å². The van der Waals surface area contributed by atoms with Crippen molar-refractivity contribution in [3.05, 3.63) is 53.7 Å². The fourth-order valence-corrected chi connectivity index (χ4v) is 2.97. The molecular formula is C17H14N2O3S. The monoisotopic (exact) mass is 326 g/mol. The Balaban J connectivity index is 1.88. The number of rotatable bonds is 4. The number of esters is 1. The Kier molecular flexibility index (Phi) is 4.34. The molecule has 0 fully saturated rings. The van der Waals surface area contributed by atoms with Crippen molar-refractivity contribution in [2.75, 3.05) is 6.61 Å². The molecule has 1 aromatic carbocycles. The van der Waals surface area contributed by atoms with Gasteiger partial charge < -0.3 is 9.84 Å². The summed E-state index contributed by atoms with van der Waals surface area (Å²) in [4.78, 5) is 19.9. The lowest BCUT2D eigenvalue weighted by Gasteiger charge is -2.02. The summed E-state index contributed by atoms with van der Waals surface area (Å²) in [5.41, 5.74) is 2.96. The fraction of sp³-hybridized carbons (Fsp3) is 0.118. The number of carbonyl (C=O) groups is 1. The summed E-state index contributed by atoms with van der Waals surface area (Å²) in [5.74, 6) is -0.844. The number of thiazole rings is 1. The van der Waals surface area contributed by atoms with E-state index in [1.54, 1.807) is 19.3 Å². The number of pyridine rings is 1. The maximum absolute atomic E-state index is 11.7. The number of carbonyl (C=O) groups excluding carboxylic acids is 1. The van der Waals surface area contributed by atoms with E-state index in [9.17, 15) is 9.90 Å². The van der Waals surface area contributed by atoms with Crippen LogP contribution in [-0.2, 0) is 4.74 Å². The van der Waals surface area contributed by atoms with E-state index in [1.165, 1.54) is 0 Å². The molecule has 0 saturated carbocycles. The van der Waals surface area contributed by atoms with Gasteiger partial charge in [-0.3, -0.25) is 4.98 Å². The van der Waals surface area contributed by atoms with Crippen LogP contribution in [0.15, 0.2) is 48.8 Å². The van der Waals surface area contributed by atoms with E-state index in [1.807, 2.05) is 36.4 Å². The van der Waals surface area contributed by atoms with Crippen molar-refractivity contribution in [1.29, 1.82) is 0 Å². The van der Waals surface area contributed by atoms with Crippen molar-refractivity contribution in [3.63, 3.8) is 0 Å². The zero-order chi connectivity index (χ0) is 16.2. The van der Waals surface area contributed by atoms with Crippen LogP contribution in [0, 0.1) is 0 Å². The van der Waals surface area contributed by atoms with Gasteiger partial charge in [0.05, 0.1) is 6.61 Å². The van der Waals surface area contributed by atoms with Gasteiger partial charge in [0, 0.05) is 18.0 Å². The molecule has 23 heavy (non-hydrogen) atoms. The largest absolute Gasteiger partial charge is 0.492 e. The van der Waals surface area contributed by atoms with Crippen LogP contribution in [0.2, 0.25) is 0 Å². The van der Waals surface area contributed by atoms with Gasteiger partial charge in [-0.2, -0.15) is 0 Å². The van der Waals surface area contributed by atoms with Crippen molar-refractivity contribution in [3.8, 4) is 27.6 Å². The molecule has 3 rings (SSSR count). The Morgan fingerprint density at radius 3 is 2.35 bits per heavy atom. The Morgan fingerprint density at radius 1 is 1.09 bits per heavy atom. The van der Waals surface area contributed by atoms with E-state index in [0.29, 0.717) is 5.01 Å². The molecule has 0 unspecified atom stereocenters. The quantitative estimate of drug-likeness (QED) is 0.739. The summed E-state index contributed by atoms with van der Waals surface area (Å²) in [6, 6.07) is 11.6. The molecule has 0 aliphatic carbocycles. The molecule has 1 N–H and O–H groups in total. The molecule has 116 valence electrons. The normalized spacial score (nSPS) is 10.5. The van der Waals surface area contributed by atoms with Crippen LogP contribution in [0.3, 0.4) is 0 Å². The topological polar surface area (TPSA) is 72.3 Å². The molecule has 0 spiro atoms. The van der Waals surface area contributed by atoms with Gasteiger partial charge in [-0.25, -0.2) is 9.78 Å². The highest BCUT2D eigenvalue weighted by Crippen LogP contribution is 2.33. The summed E-state index contributed by atoms with van der Waals surface area (Å²) >= 11 is 1.12. The lowest BCUT2D eigenvalue weighted by molar-refractivity contribution is 0.0528. The molecule has 0 radical (unpaired) electrons. The summed E-state index contributed by atoms with van der Waals surface area (Å²) in [7, 11) is 0. The molecule has 0 saturated heterocycles. The highest BCUT2D eigenvalue weighted by molar-refractivity contribution is 7.17. The lowest BCUT2D eigenvalue weighted by atomic mass is 10.1. The van der Waals surface area contributed by atoms with Crippen LogP contribution in [-0.4, -0.2) is 27.7 Å². The molecule has 0 aliphatic rings. The van der Waals surface area contributed by atoms with Crippen LogP contribution >= 0.6 is 11.3 Å². The van der Waals surface area contributed by atoms with Crippen LogP contribution in [0.4, 0.5) is 0 Å². The molecule has 0 aliphatic heterocycles. The Hall–Kier alpha value is -2.73. The highest BCUT2D eigenvalue weighted by atomic mass is 32.1. The molecule has 0 atom stereocenters. The maximum atomic E-state index is 11.7. The zero-order valence-corrected chi connectivity index (χ0v) is 13.2. The van der Waals surface area contributed by atoms with Gasteiger partial charge in [0.1, 0.15) is 5.01 Å². The third-order valence-corrected chi connectivity index (χ3v) is 4.29. The molecule has 2 heterocycles. The average molecular weight is 326 g/mol. The summed E-state index contributed by atoms with van der Waals surface area (Å²) < 4.78 is 4.90. The van der Waals surface area contributed by atoms with Crippen molar-refractivity contribution in [2.45, 2.75) is 6.92 Å². The number of hydrogen-bond acceptors (Lipinski definition) is 6. The van der Waals surface area contributed by atoms with E-state index in [4.69, 9.17) is 4.74 Å². The number of nitrogens with zero attached hydrogens (tertiary/aromatic N) is 2. The second-order valence-electron chi connectivity index (χ2n) is 4.71. The first-order valence-corrected chi connectivity index (χ1v) is 7.88. The molecule has 3 aromatic rings.